The molecular weight excluding hydrogens is 314 g/mol. The van der Waals surface area contributed by atoms with Gasteiger partial charge in [-0.15, -0.1) is 0 Å². The Labute approximate surface area is 148 Å². The molecule has 2 aromatic carbocycles. The van der Waals surface area contributed by atoms with Gasteiger partial charge in [-0.2, -0.15) is 0 Å². The van der Waals surface area contributed by atoms with E-state index in [2.05, 4.69) is 11.9 Å². The van der Waals surface area contributed by atoms with E-state index < -0.39 is 5.97 Å². The highest BCUT2D eigenvalue weighted by atomic mass is 16.5. The zero-order valence-corrected chi connectivity index (χ0v) is 14.8. The number of benzene rings is 2. The lowest BCUT2D eigenvalue weighted by molar-refractivity contribution is -0.130. The molecule has 0 aliphatic carbocycles. The minimum absolute atomic E-state index is 0.00543. The molecule has 0 aliphatic heterocycles. The second-order valence-corrected chi connectivity index (χ2v) is 6.07. The molecule has 0 radical (unpaired) electrons. The van der Waals surface area contributed by atoms with Crippen LogP contribution in [0.4, 0.5) is 5.69 Å². The summed E-state index contributed by atoms with van der Waals surface area (Å²) in [6, 6.07) is 14.9. The van der Waals surface area contributed by atoms with Gasteiger partial charge in [0, 0.05) is 17.2 Å². The molecule has 4 nitrogen and oxygen atoms in total. The molecule has 130 valence electrons. The van der Waals surface area contributed by atoms with Crippen LogP contribution in [0.2, 0.25) is 0 Å². The standard InChI is InChI=1S/C21H23NO3/c1-5-15(4)20(23)22-18-10-6-16(7-11-18)17-8-12-19(13-9-17)25-21(24)14(2)3/h6-13,15H,2,5H2,1,3-4H3,(H,22,23). The van der Waals surface area contributed by atoms with Crippen molar-refractivity contribution in [2.45, 2.75) is 27.2 Å². The van der Waals surface area contributed by atoms with Gasteiger partial charge in [-0.3, -0.25) is 4.79 Å². The molecule has 0 fully saturated rings. The van der Waals surface area contributed by atoms with E-state index in [1.54, 1.807) is 19.1 Å². The van der Waals surface area contributed by atoms with Crippen molar-refractivity contribution in [1.29, 1.82) is 0 Å². The Kier molecular flexibility index (Phi) is 6.12. The molecule has 1 N–H and O–H groups in total. The van der Waals surface area contributed by atoms with Crippen molar-refractivity contribution < 1.29 is 14.3 Å². The topological polar surface area (TPSA) is 55.4 Å². The van der Waals surface area contributed by atoms with Crippen LogP contribution < -0.4 is 10.1 Å². The van der Waals surface area contributed by atoms with E-state index in [9.17, 15) is 9.59 Å². The van der Waals surface area contributed by atoms with Crippen LogP contribution in [0.3, 0.4) is 0 Å². The summed E-state index contributed by atoms with van der Waals surface area (Å²) < 4.78 is 5.18. The van der Waals surface area contributed by atoms with E-state index >= 15 is 0 Å². The number of anilines is 1. The lowest BCUT2D eigenvalue weighted by Crippen LogP contribution is -2.19. The van der Waals surface area contributed by atoms with Gasteiger partial charge in [0.1, 0.15) is 5.75 Å². The minimum atomic E-state index is -0.436. The molecule has 1 amide bonds. The summed E-state index contributed by atoms with van der Waals surface area (Å²) in [7, 11) is 0. The summed E-state index contributed by atoms with van der Waals surface area (Å²) >= 11 is 0. The molecule has 2 aromatic rings. The number of esters is 1. The molecular formula is C21H23NO3. The van der Waals surface area contributed by atoms with E-state index in [-0.39, 0.29) is 11.8 Å². The highest BCUT2D eigenvalue weighted by Crippen LogP contribution is 2.24. The van der Waals surface area contributed by atoms with Gasteiger partial charge < -0.3 is 10.1 Å². The third kappa shape index (κ3) is 5.05. The fourth-order valence-corrected chi connectivity index (χ4v) is 2.11. The van der Waals surface area contributed by atoms with Crippen LogP contribution in [-0.2, 0) is 9.59 Å². The van der Waals surface area contributed by atoms with Crippen LogP contribution >= 0.6 is 0 Å². The van der Waals surface area contributed by atoms with Gasteiger partial charge in [0.05, 0.1) is 0 Å². The maximum atomic E-state index is 11.9. The van der Waals surface area contributed by atoms with Crippen LogP contribution in [0.15, 0.2) is 60.7 Å². The number of hydrogen-bond donors (Lipinski definition) is 1. The summed E-state index contributed by atoms with van der Waals surface area (Å²) in [6.45, 7) is 9.07. The van der Waals surface area contributed by atoms with Gasteiger partial charge in [0.2, 0.25) is 5.91 Å². The van der Waals surface area contributed by atoms with E-state index in [1.807, 2.05) is 50.2 Å². The number of rotatable bonds is 6. The lowest BCUT2D eigenvalue weighted by Gasteiger charge is -2.11. The van der Waals surface area contributed by atoms with Crippen LogP contribution in [0.25, 0.3) is 11.1 Å². The van der Waals surface area contributed by atoms with Crippen molar-refractivity contribution in [3.63, 3.8) is 0 Å². The molecule has 0 aromatic heterocycles. The predicted molar refractivity (Wildman–Crippen MR) is 100 cm³/mol. The van der Waals surface area contributed by atoms with Gasteiger partial charge in [-0.05, 0) is 48.7 Å². The first-order valence-corrected chi connectivity index (χ1v) is 8.29. The minimum Gasteiger partial charge on any atom is -0.423 e. The summed E-state index contributed by atoms with van der Waals surface area (Å²) in [4.78, 5) is 23.4. The predicted octanol–water partition coefficient (Wildman–Crippen LogP) is 4.82. The largest absolute Gasteiger partial charge is 0.423 e. The van der Waals surface area contributed by atoms with E-state index in [1.165, 1.54) is 0 Å². The van der Waals surface area contributed by atoms with E-state index in [0.717, 1.165) is 23.2 Å². The van der Waals surface area contributed by atoms with E-state index in [0.29, 0.717) is 11.3 Å². The molecule has 0 saturated carbocycles. The van der Waals surface area contributed by atoms with Crippen LogP contribution in [-0.4, -0.2) is 11.9 Å². The zero-order chi connectivity index (χ0) is 18.4. The molecule has 0 spiro atoms. The summed E-state index contributed by atoms with van der Waals surface area (Å²) in [5.74, 6) is 0.0661. The summed E-state index contributed by atoms with van der Waals surface area (Å²) in [5.41, 5.74) is 3.15. The average Bonchev–Trinajstić information content (AvgIpc) is 2.62. The molecule has 2 rings (SSSR count). The Morgan fingerprint density at radius 3 is 2.04 bits per heavy atom. The second kappa shape index (κ2) is 8.29. The number of carbonyl (C=O) groups is 2. The molecule has 0 aliphatic rings. The van der Waals surface area contributed by atoms with Crippen molar-refractivity contribution in [3.05, 3.63) is 60.7 Å². The Balaban J connectivity index is 2.05. The van der Waals surface area contributed by atoms with Crippen molar-refractivity contribution in [2.75, 3.05) is 5.32 Å². The molecule has 0 heterocycles. The first kappa shape index (κ1) is 18.5. The monoisotopic (exact) mass is 337 g/mol. The zero-order valence-electron chi connectivity index (χ0n) is 14.8. The van der Waals surface area contributed by atoms with Crippen molar-refractivity contribution in [1.82, 2.24) is 0 Å². The van der Waals surface area contributed by atoms with Crippen molar-refractivity contribution >= 4 is 17.6 Å². The first-order chi connectivity index (χ1) is 11.9. The number of hydrogen-bond acceptors (Lipinski definition) is 3. The van der Waals surface area contributed by atoms with Gasteiger partial charge in [-0.25, -0.2) is 4.79 Å². The van der Waals surface area contributed by atoms with Gasteiger partial charge in [-0.1, -0.05) is 44.7 Å². The van der Waals surface area contributed by atoms with Gasteiger partial charge >= 0.3 is 5.97 Å². The molecule has 0 saturated heterocycles. The normalized spacial score (nSPS) is 11.5. The van der Waals surface area contributed by atoms with Gasteiger partial charge in [0.15, 0.2) is 0 Å². The number of carbonyl (C=O) groups excluding carboxylic acids is 2. The highest BCUT2D eigenvalue weighted by molar-refractivity contribution is 5.92. The summed E-state index contributed by atoms with van der Waals surface area (Å²) in [6.07, 6.45) is 0.812. The smallest absolute Gasteiger partial charge is 0.338 e. The molecule has 1 unspecified atom stereocenters. The Morgan fingerprint density at radius 2 is 1.56 bits per heavy atom. The number of nitrogens with one attached hydrogen (secondary N) is 1. The maximum absolute atomic E-state index is 11.9. The van der Waals surface area contributed by atoms with Crippen molar-refractivity contribution in [3.8, 4) is 16.9 Å². The average molecular weight is 337 g/mol. The number of ether oxygens (including phenoxy) is 1. The Morgan fingerprint density at radius 1 is 1.04 bits per heavy atom. The van der Waals surface area contributed by atoms with Gasteiger partial charge in [0.25, 0.3) is 0 Å². The van der Waals surface area contributed by atoms with E-state index in [4.69, 9.17) is 4.74 Å². The number of amides is 1. The third-order valence-corrected chi connectivity index (χ3v) is 3.96. The highest BCUT2D eigenvalue weighted by Gasteiger charge is 2.10. The Hall–Kier alpha value is -2.88. The molecule has 25 heavy (non-hydrogen) atoms. The fraction of sp³-hybridized carbons (Fsp3) is 0.238. The first-order valence-electron chi connectivity index (χ1n) is 8.29. The lowest BCUT2D eigenvalue weighted by atomic mass is 10.0. The van der Waals surface area contributed by atoms with Crippen molar-refractivity contribution in [2.24, 2.45) is 5.92 Å². The van der Waals surface area contributed by atoms with Crippen LogP contribution in [0, 0.1) is 5.92 Å². The molecule has 1 atom stereocenters. The fourth-order valence-electron chi connectivity index (χ4n) is 2.11. The third-order valence-electron chi connectivity index (χ3n) is 3.96. The SMILES string of the molecule is C=C(C)C(=O)Oc1ccc(-c2ccc(NC(=O)C(C)CC)cc2)cc1. The quantitative estimate of drug-likeness (QED) is 0.467. The maximum Gasteiger partial charge on any atom is 0.338 e. The van der Waals surface area contributed by atoms with Crippen LogP contribution in [0.1, 0.15) is 27.2 Å². The molecule has 4 heteroatoms. The second-order valence-electron chi connectivity index (χ2n) is 6.07. The Bertz CT molecular complexity index is 761. The summed E-state index contributed by atoms with van der Waals surface area (Å²) in [5, 5.41) is 2.91. The van der Waals surface area contributed by atoms with Crippen LogP contribution in [0.5, 0.6) is 5.75 Å². The molecule has 0 bridgehead atoms.